The minimum Gasteiger partial charge on any atom is -0.383 e. The summed E-state index contributed by atoms with van der Waals surface area (Å²) in [5.41, 5.74) is 0.648. The molecule has 1 aliphatic rings. The number of nitrogens with one attached hydrogen (secondary N) is 1. The van der Waals surface area contributed by atoms with E-state index in [0.29, 0.717) is 19.1 Å². The molecule has 1 atom stereocenters. The van der Waals surface area contributed by atoms with E-state index in [9.17, 15) is 9.59 Å². The molecule has 1 aromatic rings. The zero-order valence-corrected chi connectivity index (χ0v) is 11.3. The Morgan fingerprint density at radius 1 is 1.58 bits per heavy atom. The van der Waals surface area contributed by atoms with Crippen LogP contribution in [0.25, 0.3) is 0 Å². The molecule has 1 aromatic heterocycles. The normalized spacial score (nSPS) is 16.1. The molecule has 0 aromatic carbocycles. The van der Waals surface area contributed by atoms with Gasteiger partial charge in [-0.1, -0.05) is 0 Å². The van der Waals surface area contributed by atoms with Gasteiger partial charge in [-0.2, -0.15) is 5.10 Å². The monoisotopic (exact) mass is 265 g/mol. The largest absolute Gasteiger partial charge is 0.383 e. The SMILES string of the molecule is COCCNC(=O)C(C)n1nc(C2CC2)ccc1=O. The topological polar surface area (TPSA) is 73.2 Å². The highest BCUT2D eigenvalue weighted by Crippen LogP contribution is 2.38. The van der Waals surface area contributed by atoms with Crippen molar-refractivity contribution in [1.29, 1.82) is 0 Å². The van der Waals surface area contributed by atoms with Crippen LogP contribution in [0.2, 0.25) is 0 Å². The second-order valence-corrected chi connectivity index (χ2v) is 4.78. The van der Waals surface area contributed by atoms with E-state index in [-0.39, 0.29) is 11.5 Å². The third-order valence-electron chi connectivity index (χ3n) is 3.19. The first-order valence-corrected chi connectivity index (χ1v) is 6.50. The predicted molar refractivity (Wildman–Crippen MR) is 70.1 cm³/mol. The fourth-order valence-corrected chi connectivity index (χ4v) is 1.85. The Hall–Kier alpha value is -1.69. The van der Waals surface area contributed by atoms with Crippen molar-refractivity contribution in [1.82, 2.24) is 15.1 Å². The van der Waals surface area contributed by atoms with Crippen LogP contribution in [0.4, 0.5) is 0 Å². The van der Waals surface area contributed by atoms with Gasteiger partial charge < -0.3 is 10.1 Å². The lowest BCUT2D eigenvalue weighted by Gasteiger charge is -2.14. The van der Waals surface area contributed by atoms with Crippen molar-refractivity contribution in [2.24, 2.45) is 0 Å². The number of hydrogen-bond acceptors (Lipinski definition) is 4. The third kappa shape index (κ3) is 3.41. The van der Waals surface area contributed by atoms with Gasteiger partial charge in [-0.3, -0.25) is 9.59 Å². The molecule has 0 saturated heterocycles. The quantitative estimate of drug-likeness (QED) is 0.758. The van der Waals surface area contributed by atoms with Crippen molar-refractivity contribution >= 4 is 5.91 Å². The number of aromatic nitrogens is 2. The van der Waals surface area contributed by atoms with E-state index < -0.39 is 6.04 Å². The van der Waals surface area contributed by atoms with E-state index in [1.54, 1.807) is 20.1 Å². The molecule has 104 valence electrons. The fourth-order valence-electron chi connectivity index (χ4n) is 1.85. The summed E-state index contributed by atoms with van der Waals surface area (Å²) in [6, 6.07) is 2.63. The summed E-state index contributed by atoms with van der Waals surface area (Å²) in [7, 11) is 1.57. The maximum atomic E-state index is 11.9. The maximum Gasteiger partial charge on any atom is 0.267 e. The van der Waals surface area contributed by atoms with Gasteiger partial charge in [-0.25, -0.2) is 4.68 Å². The number of rotatable bonds is 6. The van der Waals surface area contributed by atoms with Crippen LogP contribution >= 0.6 is 0 Å². The van der Waals surface area contributed by atoms with Crippen molar-refractivity contribution in [2.75, 3.05) is 20.3 Å². The zero-order valence-electron chi connectivity index (χ0n) is 11.3. The molecular weight excluding hydrogens is 246 g/mol. The standard InChI is InChI=1S/C13H19N3O3/c1-9(13(18)14-7-8-19-2)16-12(17)6-5-11(15-16)10-3-4-10/h5-6,9-10H,3-4,7-8H2,1-2H3,(H,14,18). The van der Waals surface area contributed by atoms with E-state index in [1.807, 2.05) is 0 Å². The molecule has 1 aliphatic carbocycles. The minimum absolute atomic E-state index is 0.223. The molecule has 2 rings (SSSR count). The lowest BCUT2D eigenvalue weighted by Crippen LogP contribution is -2.38. The number of methoxy groups -OCH3 is 1. The Bertz CT molecular complexity index is 508. The molecule has 1 unspecified atom stereocenters. The van der Waals surface area contributed by atoms with E-state index in [0.717, 1.165) is 18.5 Å². The van der Waals surface area contributed by atoms with Gasteiger partial charge in [0.05, 0.1) is 12.3 Å². The van der Waals surface area contributed by atoms with E-state index in [2.05, 4.69) is 10.4 Å². The van der Waals surface area contributed by atoms with Crippen LogP contribution in [-0.4, -0.2) is 35.9 Å². The molecule has 0 bridgehead atoms. The Morgan fingerprint density at radius 3 is 2.95 bits per heavy atom. The summed E-state index contributed by atoms with van der Waals surface area (Å²) in [5, 5.41) is 7.01. The summed E-state index contributed by atoms with van der Waals surface area (Å²) in [6.45, 7) is 2.55. The van der Waals surface area contributed by atoms with Crippen LogP contribution in [0.15, 0.2) is 16.9 Å². The average molecular weight is 265 g/mol. The van der Waals surface area contributed by atoms with Crippen LogP contribution in [0.3, 0.4) is 0 Å². The number of amides is 1. The van der Waals surface area contributed by atoms with Crippen LogP contribution in [0, 0.1) is 0 Å². The molecule has 1 heterocycles. The second kappa shape index (κ2) is 5.97. The molecule has 6 heteroatoms. The first kappa shape index (κ1) is 13.7. The number of carbonyl (C=O) groups is 1. The molecule has 6 nitrogen and oxygen atoms in total. The van der Waals surface area contributed by atoms with E-state index in [4.69, 9.17) is 4.74 Å². The zero-order chi connectivity index (χ0) is 13.8. The number of carbonyl (C=O) groups excluding carboxylic acids is 1. The van der Waals surface area contributed by atoms with Gasteiger partial charge in [-0.15, -0.1) is 0 Å². The van der Waals surface area contributed by atoms with Crippen LogP contribution in [0.5, 0.6) is 0 Å². The molecule has 19 heavy (non-hydrogen) atoms. The number of nitrogens with zero attached hydrogens (tertiary/aromatic N) is 2. The van der Waals surface area contributed by atoms with Gasteiger partial charge in [0.2, 0.25) is 5.91 Å². The number of hydrogen-bond donors (Lipinski definition) is 1. The summed E-state index contributed by atoms with van der Waals surface area (Å²) in [5.74, 6) is 0.232. The average Bonchev–Trinajstić information content (AvgIpc) is 3.23. The van der Waals surface area contributed by atoms with Crippen LogP contribution < -0.4 is 10.9 Å². The lowest BCUT2D eigenvalue weighted by molar-refractivity contribution is -0.124. The van der Waals surface area contributed by atoms with Crippen molar-refractivity contribution in [2.45, 2.75) is 31.7 Å². The fraction of sp³-hybridized carbons (Fsp3) is 0.615. The second-order valence-electron chi connectivity index (χ2n) is 4.78. The maximum absolute atomic E-state index is 11.9. The molecular formula is C13H19N3O3. The number of ether oxygens (including phenoxy) is 1. The van der Waals surface area contributed by atoms with Crippen molar-refractivity contribution in [3.63, 3.8) is 0 Å². The molecule has 0 aliphatic heterocycles. The van der Waals surface area contributed by atoms with E-state index >= 15 is 0 Å². The molecule has 0 spiro atoms. The Kier molecular flexibility index (Phi) is 4.31. The van der Waals surface area contributed by atoms with Gasteiger partial charge in [-0.05, 0) is 25.8 Å². The van der Waals surface area contributed by atoms with Crippen LogP contribution in [-0.2, 0) is 9.53 Å². The minimum atomic E-state index is -0.608. The summed E-state index contributed by atoms with van der Waals surface area (Å²) < 4.78 is 6.12. The smallest absolute Gasteiger partial charge is 0.267 e. The van der Waals surface area contributed by atoms with Gasteiger partial charge in [0.1, 0.15) is 6.04 Å². The molecule has 1 saturated carbocycles. The highest BCUT2D eigenvalue weighted by molar-refractivity contribution is 5.79. The Morgan fingerprint density at radius 2 is 2.32 bits per heavy atom. The molecule has 1 N–H and O–H groups in total. The van der Waals surface area contributed by atoms with E-state index in [1.165, 1.54) is 10.7 Å². The molecule has 1 fully saturated rings. The summed E-state index contributed by atoms with van der Waals surface area (Å²) in [4.78, 5) is 23.7. The highest BCUT2D eigenvalue weighted by Gasteiger charge is 2.26. The van der Waals surface area contributed by atoms with Crippen LogP contribution in [0.1, 0.15) is 37.4 Å². The van der Waals surface area contributed by atoms with Gasteiger partial charge in [0.25, 0.3) is 5.56 Å². The van der Waals surface area contributed by atoms with Gasteiger partial charge in [0, 0.05) is 25.6 Å². The summed E-state index contributed by atoms with van der Waals surface area (Å²) in [6.07, 6.45) is 2.22. The first-order valence-electron chi connectivity index (χ1n) is 6.50. The summed E-state index contributed by atoms with van der Waals surface area (Å²) >= 11 is 0. The Balaban J connectivity index is 2.08. The highest BCUT2D eigenvalue weighted by atomic mass is 16.5. The third-order valence-corrected chi connectivity index (χ3v) is 3.19. The van der Waals surface area contributed by atoms with Crippen molar-refractivity contribution < 1.29 is 9.53 Å². The molecule has 1 amide bonds. The first-order chi connectivity index (χ1) is 9.13. The van der Waals surface area contributed by atoms with Gasteiger partial charge >= 0.3 is 0 Å². The predicted octanol–water partition coefficient (Wildman–Crippen LogP) is 0.444. The lowest BCUT2D eigenvalue weighted by atomic mass is 10.2. The van der Waals surface area contributed by atoms with Crippen molar-refractivity contribution in [3.8, 4) is 0 Å². The Labute approximate surface area is 111 Å². The van der Waals surface area contributed by atoms with Gasteiger partial charge in [0.15, 0.2) is 0 Å². The molecule has 0 radical (unpaired) electrons. The van der Waals surface area contributed by atoms with Crippen molar-refractivity contribution in [3.05, 3.63) is 28.2 Å².